The molecule has 3 N–H and O–H groups in total. The van der Waals surface area contributed by atoms with Crippen LogP contribution in [0.15, 0.2) is 36.5 Å². The van der Waals surface area contributed by atoms with Crippen LogP contribution in [0.25, 0.3) is 0 Å². The fraction of sp³-hybridized carbons (Fsp3) is 0.795. The van der Waals surface area contributed by atoms with Crippen LogP contribution in [0.4, 0.5) is 0 Å². The number of esters is 2. The topological polar surface area (TPSA) is 134 Å². The molecule has 2 atom stereocenters. The molecule has 0 rings (SSSR count). The quantitative estimate of drug-likeness (QED) is 0.0281. The SMILES string of the molecule is CCCCCCCCC=CCC=CCC=CCCCC(=O)OC(COC(=O)CCCCCCCCCCCCC)COP(=O)(O)OCCN. The predicted octanol–water partition coefficient (Wildman–Crippen LogP) is 10.6. The van der Waals surface area contributed by atoms with Gasteiger partial charge in [-0.2, -0.15) is 0 Å². The van der Waals surface area contributed by atoms with Gasteiger partial charge in [0.2, 0.25) is 0 Å². The molecule has 0 fully saturated rings. The molecule has 2 unspecified atom stereocenters. The summed E-state index contributed by atoms with van der Waals surface area (Å²) in [4.78, 5) is 34.7. The van der Waals surface area contributed by atoms with Crippen molar-refractivity contribution >= 4 is 19.8 Å². The van der Waals surface area contributed by atoms with E-state index < -0.39 is 32.5 Å². The molecule has 0 spiro atoms. The first-order chi connectivity index (χ1) is 23.8. The van der Waals surface area contributed by atoms with Gasteiger partial charge in [0.1, 0.15) is 6.61 Å². The van der Waals surface area contributed by atoms with Crippen LogP contribution in [0.3, 0.4) is 0 Å². The van der Waals surface area contributed by atoms with Crippen molar-refractivity contribution in [2.45, 2.75) is 174 Å². The number of carbonyl (C=O) groups excluding carboxylic acids is 2. The maximum absolute atomic E-state index is 12.5. The zero-order valence-corrected chi connectivity index (χ0v) is 32.1. The van der Waals surface area contributed by atoms with Crippen molar-refractivity contribution in [2.24, 2.45) is 5.73 Å². The highest BCUT2D eigenvalue weighted by atomic mass is 31.2. The lowest BCUT2D eigenvalue weighted by molar-refractivity contribution is -0.161. The maximum atomic E-state index is 12.5. The van der Waals surface area contributed by atoms with E-state index in [1.807, 2.05) is 6.08 Å². The first-order valence-corrected chi connectivity index (χ1v) is 21.0. The van der Waals surface area contributed by atoms with E-state index in [0.29, 0.717) is 6.42 Å². The lowest BCUT2D eigenvalue weighted by Gasteiger charge is -2.19. The van der Waals surface area contributed by atoms with Crippen molar-refractivity contribution in [3.63, 3.8) is 0 Å². The lowest BCUT2D eigenvalue weighted by Crippen LogP contribution is -2.29. The van der Waals surface area contributed by atoms with Gasteiger partial charge in [-0.25, -0.2) is 4.57 Å². The van der Waals surface area contributed by atoms with Crippen LogP contribution in [-0.4, -0.2) is 49.3 Å². The monoisotopic (exact) mass is 713 g/mol. The van der Waals surface area contributed by atoms with Gasteiger partial charge >= 0.3 is 19.8 Å². The summed E-state index contributed by atoms with van der Waals surface area (Å²) in [5.74, 6) is -0.890. The third-order valence-electron chi connectivity index (χ3n) is 8.03. The summed E-state index contributed by atoms with van der Waals surface area (Å²) in [6.45, 7) is 3.65. The van der Waals surface area contributed by atoms with Crippen LogP contribution >= 0.6 is 7.82 Å². The first kappa shape index (κ1) is 47.2. The Hall–Kier alpha value is -1.77. The molecular formula is C39H72NO8P. The second-order valence-electron chi connectivity index (χ2n) is 12.8. The van der Waals surface area contributed by atoms with Gasteiger partial charge in [0, 0.05) is 19.4 Å². The Morgan fingerprint density at radius 3 is 1.63 bits per heavy atom. The Balaban J connectivity index is 4.30. The van der Waals surface area contributed by atoms with Crippen molar-refractivity contribution in [3.8, 4) is 0 Å². The normalized spacial score (nSPS) is 13.8. The molecule has 10 heteroatoms. The van der Waals surface area contributed by atoms with Crippen molar-refractivity contribution in [3.05, 3.63) is 36.5 Å². The molecule has 0 aliphatic carbocycles. The van der Waals surface area contributed by atoms with Crippen molar-refractivity contribution in [2.75, 3.05) is 26.4 Å². The van der Waals surface area contributed by atoms with E-state index >= 15 is 0 Å². The standard InChI is InChI=1S/C39H72NO8P/c1-3-5-7-9-11-13-15-16-17-18-19-20-22-24-26-28-30-32-39(42)48-37(36-47-49(43,44)46-34-33-40)35-45-38(41)31-29-27-25-23-21-14-12-10-8-6-4-2/h16-17,19-20,24,26,37H,3-15,18,21-23,25,27-36,40H2,1-2H3,(H,43,44). The number of unbranched alkanes of at least 4 members (excludes halogenated alkanes) is 17. The molecule has 0 saturated heterocycles. The second kappa shape index (κ2) is 36.0. The Morgan fingerprint density at radius 1 is 0.612 bits per heavy atom. The minimum Gasteiger partial charge on any atom is -0.462 e. The zero-order valence-electron chi connectivity index (χ0n) is 31.2. The number of hydrogen-bond acceptors (Lipinski definition) is 8. The summed E-state index contributed by atoms with van der Waals surface area (Å²) >= 11 is 0. The summed E-state index contributed by atoms with van der Waals surface area (Å²) in [5, 5.41) is 0. The van der Waals surface area contributed by atoms with Crippen LogP contribution in [-0.2, 0) is 32.7 Å². The Bertz CT molecular complexity index is 907. The molecule has 0 bridgehead atoms. The van der Waals surface area contributed by atoms with Gasteiger partial charge in [-0.15, -0.1) is 0 Å². The highest BCUT2D eigenvalue weighted by Crippen LogP contribution is 2.43. The average Bonchev–Trinajstić information content (AvgIpc) is 3.08. The van der Waals surface area contributed by atoms with E-state index in [1.54, 1.807) is 0 Å². The average molecular weight is 714 g/mol. The van der Waals surface area contributed by atoms with E-state index in [-0.39, 0.29) is 32.6 Å². The number of phosphoric ester groups is 1. The van der Waals surface area contributed by atoms with Crippen molar-refractivity contribution in [1.29, 1.82) is 0 Å². The van der Waals surface area contributed by atoms with E-state index in [2.05, 4.69) is 44.2 Å². The molecule has 0 saturated carbocycles. The third kappa shape index (κ3) is 35.8. The largest absolute Gasteiger partial charge is 0.472 e. The van der Waals surface area contributed by atoms with E-state index in [0.717, 1.165) is 44.9 Å². The molecular weight excluding hydrogens is 641 g/mol. The van der Waals surface area contributed by atoms with Gasteiger partial charge in [0.25, 0.3) is 0 Å². The maximum Gasteiger partial charge on any atom is 0.472 e. The predicted molar refractivity (Wildman–Crippen MR) is 201 cm³/mol. The third-order valence-corrected chi connectivity index (χ3v) is 9.01. The molecule has 0 aliphatic rings. The fourth-order valence-electron chi connectivity index (χ4n) is 5.12. The van der Waals surface area contributed by atoms with Gasteiger partial charge in [0.05, 0.1) is 13.2 Å². The number of carbonyl (C=O) groups is 2. The Morgan fingerprint density at radius 2 is 1.08 bits per heavy atom. The minimum absolute atomic E-state index is 0.0461. The molecule has 0 aromatic rings. The number of allylic oxidation sites excluding steroid dienone is 6. The van der Waals surface area contributed by atoms with Gasteiger partial charge in [-0.1, -0.05) is 147 Å². The van der Waals surface area contributed by atoms with Crippen molar-refractivity contribution in [1.82, 2.24) is 0 Å². The van der Waals surface area contributed by atoms with Crippen LogP contribution in [0, 0.1) is 0 Å². The molecule has 0 amide bonds. The van der Waals surface area contributed by atoms with E-state index in [4.69, 9.17) is 24.3 Å². The summed E-state index contributed by atoms with van der Waals surface area (Å²) in [7, 11) is -4.38. The van der Waals surface area contributed by atoms with Gasteiger partial charge in [-0.05, 0) is 44.9 Å². The molecule has 0 aromatic heterocycles. The Labute approximate surface area is 299 Å². The zero-order chi connectivity index (χ0) is 36.1. The Kier molecular flexibility index (Phi) is 34.7. The minimum atomic E-state index is -4.38. The fourth-order valence-corrected chi connectivity index (χ4v) is 5.89. The molecule has 9 nitrogen and oxygen atoms in total. The molecule has 286 valence electrons. The summed E-state index contributed by atoms with van der Waals surface area (Å²) in [6.07, 6.45) is 37.5. The van der Waals surface area contributed by atoms with Crippen molar-refractivity contribution < 1.29 is 37.6 Å². The number of nitrogens with two attached hydrogens (primary N) is 1. The van der Waals surface area contributed by atoms with Crippen LogP contribution in [0.1, 0.15) is 168 Å². The number of phosphoric acid groups is 1. The molecule has 49 heavy (non-hydrogen) atoms. The van der Waals surface area contributed by atoms with Crippen LogP contribution in [0.5, 0.6) is 0 Å². The van der Waals surface area contributed by atoms with Crippen LogP contribution in [0.2, 0.25) is 0 Å². The molecule has 0 radical (unpaired) electrons. The summed E-state index contributed by atoms with van der Waals surface area (Å²) in [6, 6.07) is 0. The second-order valence-corrected chi connectivity index (χ2v) is 14.3. The first-order valence-electron chi connectivity index (χ1n) is 19.5. The van der Waals surface area contributed by atoms with Crippen LogP contribution < -0.4 is 5.73 Å². The van der Waals surface area contributed by atoms with E-state index in [1.165, 1.54) is 89.9 Å². The summed E-state index contributed by atoms with van der Waals surface area (Å²) in [5.41, 5.74) is 5.33. The number of hydrogen-bond donors (Lipinski definition) is 2. The smallest absolute Gasteiger partial charge is 0.462 e. The van der Waals surface area contributed by atoms with E-state index in [9.17, 15) is 19.0 Å². The molecule has 0 aromatic carbocycles. The van der Waals surface area contributed by atoms with Gasteiger partial charge in [-0.3, -0.25) is 18.6 Å². The highest BCUT2D eigenvalue weighted by molar-refractivity contribution is 7.47. The lowest BCUT2D eigenvalue weighted by atomic mass is 10.1. The molecule has 0 heterocycles. The summed E-state index contributed by atoms with van der Waals surface area (Å²) < 4.78 is 32.6. The molecule has 0 aliphatic heterocycles. The highest BCUT2D eigenvalue weighted by Gasteiger charge is 2.25. The van der Waals surface area contributed by atoms with Gasteiger partial charge < -0.3 is 20.1 Å². The number of rotatable bonds is 36. The number of ether oxygens (including phenoxy) is 2. The van der Waals surface area contributed by atoms with Gasteiger partial charge in [0.15, 0.2) is 6.10 Å².